The van der Waals surface area contributed by atoms with Gasteiger partial charge in [0.1, 0.15) is 11.3 Å². The van der Waals surface area contributed by atoms with Crippen LogP contribution < -0.4 is 10.9 Å². The van der Waals surface area contributed by atoms with Crippen LogP contribution in [0.1, 0.15) is 42.6 Å². The molecule has 1 aliphatic rings. The molecular weight excluding hydrogens is 406 g/mol. The van der Waals surface area contributed by atoms with Crippen LogP contribution in [0.5, 0.6) is 0 Å². The Labute approximate surface area is 178 Å². The maximum atomic E-state index is 13.1. The highest BCUT2D eigenvalue weighted by atomic mass is 35.5. The molecule has 0 aliphatic heterocycles. The lowest BCUT2D eigenvalue weighted by Gasteiger charge is -2.25. The first-order valence-electron chi connectivity index (χ1n) is 9.83. The quantitative estimate of drug-likeness (QED) is 0.629. The van der Waals surface area contributed by atoms with Gasteiger partial charge >= 0.3 is 0 Å². The molecule has 0 unspecified atom stereocenters. The van der Waals surface area contributed by atoms with Crippen LogP contribution in [-0.4, -0.2) is 43.2 Å². The van der Waals surface area contributed by atoms with E-state index < -0.39 is 17.5 Å². The van der Waals surface area contributed by atoms with Crippen molar-refractivity contribution in [3.8, 4) is 16.9 Å². The van der Waals surface area contributed by atoms with Gasteiger partial charge in [-0.15, -0.1) is 0 Å². The summed E-state index contributed by atoms with van der Waals surface area (Å²) < 4.78 is 3.04. The van der Waals surface area contributed by atoms with Gasteiger partial charge < -0.3 is 10.4 Å². The van der Waals surface area contributed by atoms with Gasteiger partial charge in [0.2, 0.25) is 0 Å². The van der Waals surface area contributed by atoms with Crippen LogP contribution >= 0.6 is 11.6 Å². The summed E-state index contributed by atoms with van der Waals surface area (Å²) in [5.74, 6) is -0.570. The van der Waals surface area contributed by atoms with Gasteiger partial charge in [-0.1, -0.05) is 23.7 Å². The maximum Gasteiger partial charge on any atom is 0.284 e. The standard InChI is InChI=1S/C21H22ClN5O3/c1-13(12-28)24-20(29)18-9-19(14-5-7-15(22)8-6-14)25-27(21(18)30)17-10-23-26(11-17)16-3-2-4-16/h5-11,13,16,28H,2-4,12H2,1H3,(H,24,29)/t13-/m0/s1. The predicted molar refractivity (Wildman–Crippen MR) is 113 cm³/mol. The normalized spacial score (nSPS) is 14.9. The van der Waals surface area contributed by atoms with Gasteiger partial charge in [-0.2, -0.15) is 14.9 Å². The zero-order valence-corrected chi connectivity index (χ0v) is 17.2. The lowest BCUT2D eigenvalue weighted by molar-refractivity contribution is 0.0920. The number of benzene rings is 1. The summed E-state index contributed by atoms with van der Waals surface area (Å²) in [6.45, 7) is 1.42. The Morgan fingerprint density at radius 3 is 2.70 bits per heavy atom. The highest BCUT2D eigenvalue weighted by Crippen LogP contribution is 2.31. The molecule has 1 aromatic carbocycles. The van der Waals surface area contributed by atoms with Gasteiger partial charge in [0.25, 0.3) is 11.5 Å². The molecule has 0 spiro atoms. The third kappa shape index (κ3) is 4.01. The number of nitrogens with zero attached hydrogens (tertiary/aromatic N) is 4. The van der Waals surface area contributed by atoms with Crippen LogP contribution in [0.25, 0.3) is 16.9 Å². The number of rotatable bonds is 6. The van der Waals surface area contributed by atoms with Crippen LogP contribution in [0, 0.1) is 0 Å². The fraction of sp³-hybridized carbons (Fsp3) is 0.333. The van der Waals surface area contributed by atoms with Gasteiger partial charge in [0.05, 0.1) is 30.7 Å². The van der Waals surface area contributed by atoms with Crippen molar-refractivity contribution in [1.29, 1.82) is 0 Å². The van der Waals surface area contributed by atoms with Crippen molar-refractivity contribution in [3.05, 3.63) is 63.7 Å². The topological polar surface area (TPSA) is 102 Å². The Bertz CT molecular complexity index is 1120. The molecule has 30 heavy (non-hydrogen) atoms. The van der Waals surface area contributed by atoms with E-state index in [-0.39, 0.29) is 12.2 Å². The molecule has 1 amide bonds. The first kappa shape index (κ1) is 20.3. The molecule has 3 aromatic rings. The number of aromatic nitrogens is 4. The van der Waals surface area contributed by atoms with Crippen LogP contribution in [0.3, 0.4) is 0 Å². The number of carbonyl (C=O) groups excluding carboxylic acids is 1. The fourth-order valence-electron chi connectivity index (χ4n) is 3.23. The van der Waals surface area contributed by atoms with Crippen molar-refractivity contribution < 1.29 is 9.90 Å². The molecule has 0 bridgehead atoms. The second kappa shape index (κ2) is 8.41. The SMILES string of the molecule is C[C@@H](CO)NC(=O)c1cc(-c2ccc(Cl)cc2)nn(-c2cnn(C3CCC3)c2)c1=O. The summed E-state index contributed by atoms with van der Waals surface area (Å²) in [4.78, 5) is 25.8. The van der Waals surface area contributed by atoms with E-state index in [0.29, 0.717) is 28.0 Å². The van der Waals surface area contributed by atoms with Crippen LogP contribution in [0.2, 0.25) is 5.02 Å². The number of hydrogen-bond donors (Lipinski definition) is 2. The summed E-state index contributed by atoms with van der Waals surface area (Å²) >= 11 is 5.98. The van der Waals surface area contributed by atoms with E-state index in [1.54, 1.807) is 43.6 Å². The van der Waals surface area contributed by atoms with Crippen molar-refractivity contribution in [3.63, 3.8) is 0 Å². The molecule has 2 N–H and O–H groups in total. The maximum absolute atomic E-state index is 13.1. The Hall–Kier alpha value is -2.97. The lowest BCUT2D eigenvalue weighted by atomic mass is 9.93. The Morgan fingerprint density at radius 2 is 2.07 bits per heavy atom. The number of carbonyl (C=O) groups is 1. The average molecular weight is 428 g/mol. The van der Waals surface area contributed by atoms with Crippen molar-refractivity contribution in [2.24, 2.45) is 0 Å². The Kier molecular flexibility index (Phi) is 5.69. The Balaban J connectivity index is 1.81. The second-order valence-electron chi connectivity index (χ2n) is 7.49. The number of nitrogens with one attached hydrogen (secondary N) is 1. The van der Waals surface area contributed by atoms with Gasteiger partial charge in [-0.05, 0) is 44.4 Å². The summed E-state index contributed by atoms with van der Waals surface area (Å²) in [5.41, 5.74) is 1.04. The summed E-state index contributed by atoms with van der Waals surface area (Å²) in [7, 11) is 0. The lowest BCUT2D eigenvalue weighted by Crippen LogP contribution is -2.39. The van der Waals surface area contributed by atoms with Crippen molar-refractivity contribution >= 4 is 17.5 Å². The van der Waals surface area contributed by atoms with Crippen molar-refractivity contribution in [1.82, 2.24) is 24.9 Å². The molecular formula is C21H22ClN5O3. The van der Waals surface area contributed by atoms with E-state index in [9.17, 15) is 14.7 Å². The van der Waals surface area contributed by atoms with Crippen molar-refractivity contribution in [2.75, 3.05) is 6.61 Å². The number of aliphatic hydroxyl groups excluding tert-OH is 1. The van der Waals surface area contributed by atoms with E-state index in [1.165, 1.54) is 10.7 Å². The fourth-order valence-corrected chi connectivity index (χ4v) is 3.36. The molecule has 0 radical (unpaired) electrons. The molecule has 4 rings (SSSR count). The largest absolute Gasteiger partial charge is 0.394 e. The number of hydrogen-bond acceptors (Lipinski definition) is 5. The second-order valence-corrected chi connectivity index (χ2v) is 7.92. The van der Waals surface area contributed by atoms with E-state index in [1.807, 2.05) is 4.68 Å². The van der Waals surface area contributed by atoms with Crippen LogP contribution in [-0.2, 0) is 0 Å². The number of aliphatic hydroxyl groups is 1. The Morgan fingerprint density at radius 1 is 1.33 bits per heavy atom. The molecule has 156 valence electrons. The van der Waals surface area contributed by atoms with E-state index in [0.717, 1.165) is 19.3 Å². The van der Waals surface area contributed by atoms with Crippen LogP contribution in [0.15, 0.2) is 47.5 Å². The minimum Gasteiger partial charge on any atom is -0.394 e. The molecule has 8 nitrogen and oxygen atoms in total. The highest BCUT2D eigenvalue weighted by Gasteiger charge is 2.22. The molecule has 1 atom stereocenters. The summed E-state index contributed by atoms with van der Waals surface area (Å²) in [5, 5.41) is 21.3. The minimum atomic E-state index is -0.570. The molecule has 1 fully saturated rings. The molecule has 2 aromatic heterocycles. The minimum absolute atomic E-state index is 0.0633. The van der Waals surface area contributed by atoms with Gasteiger partial charge in [0.15, 0.2) is 0 Å². The third-order valence-corrected chi connectivity index (χ3v) is 5.48. The summed E-state index contributed by atoms with van der Waals surface area (Å²) in [6.07, 6.45) is 6.64. The molecule has 2 heterocycles. The molecule has 1 aliphatic carbocycles. The monoisotopic (exact) mass is 427 g/mol. The van der Waals surface area contributed by atoms with Gasteiger partial charge in [0, 0.05) is 16.6 Å². The van der Waals surface area contributed by atoms with Crippen LogP contribution in [0.4, 0.5) is 0 Å². The molecule has 1 saturated carbocycles. The smallest absolute Gasteiger partial charge is 0.284 e. The third-order valence-electron chi connectivity index (χ3n) is 5.23. The van der Waals surface area contributed by atoms with E-state index >= 15 is 0 Å². The zero-order valence-electron chi connectivity index (χ0n) is 16.5. The molecule has 0 saturated heterocycles. The summed E-state index contributed by atoms with van der Waals surface area (Å²) in [6, 6.07) is 8.29. The molecule has 9 heteroatoms. The van der Waals surface area contributed by atoms with E-state index in [4.69, 9.17) is 11.6 Å². The zero-order chi connectivity index (χ0) is 21.3. The number of amides is 1. The highest BCUT2D eigenvalue weighted by molar-refractivity contribution is 6.30. The predicted octanol–water partition coefficient (Wildman–Crippen LogP) is 2.59. The van der Waals surface area contributed by atoms with Crippen molar-refractivity contribution in [2.45, 2.75) is 38.3 Å². The average Bonchev–Trinajstić information content (AvgIpc) is 3.16. The number of halogens is 1. The first-order valence-corrected chi connectivity index (χ1v) is 10.2. The van der Waals surface area contributed by atoms with Gasteiger partial charge in [-0.25, -0.2) is 0 Å². The van der Waals surface area contributed by atoms with E-state index in [2.05, 4.69) is 15.5 Å². The van der Waals surface area contributed by atoms with Gasteiger partial charge in [-0.3, -0.25) is 14.3 Å². The first-order chi connectivity index (χ1) is 14.5.